The lowest BCUT2D eigenvalue weighted by molar-refractivity contribution is -0.315. The lowest BCUT2D eigenvalue weighted by Crippen LogP contribution is -2.53. The zero-order valence-electron chi connectivity index (χ0n) is 45.3. The van der Waals surface area contributed by atoms with Crippen molar-refractivity contribution in [1.29, 1.82) is 0 Å². The molecule has 0 aliphatic carbocycles. The highest BCUT2D eigenvalue weighted by Crippen LogP contribution is 2.43. The minimum atomic E-state index is -0.405. The third kappa shape index (κ3) is 14.7. The number of hydrogen-bond acceptors (Lipinski definition) is 13. The molecule has 1 N–H and O–H groups in total. The maximum atomic E-state index is 12.1. The third-order valence-electron chi connectivity index (χ3n) is 18.6. The van der Waals surface area contributed by atoms with E-state index in [1.807, 2.05) is 0 Å². The minimum Gasteiger partial charge on any atom is -0.356 e. The Morgan fingerprint density at radius 1 is 0.426 bits per heavy atom. The Kier molecular flexibility index (Phi) is 22.9. The van der Waals surface area contributed by atoms with Crippen LogP contribution < -0.4 is 5.32 Å². The van der Waals surface area contributed by atoms with Crippen molar-refractivity contribution in [2.45, 2.75) is 199 Å². The molecule has 0 bridgehead atoms. The van der Waals surface area contributed by atoms with E-state index in [4.69, 9.17) is 47.4 Å². The molecule has 0 radical (unpaired) electrons. The molecule has 5 aliphatic rings. The molecule has 5 rings (SSSR count). The van der Waals surface area contributed by atoms with Crippen molar-refractivity contribution in [3.05, 3.63) is 0 Å². The first kappa shape index (κ1) is 58.0. The van der Waals surface area contributed by atoms with E-state index in [2.05, 4.69) is 116 Å². The van der Waals surface area contributed by atoms with Crippen molar-refractivity contribution >= 4 is 22.8 Å². The van der Waals surface area contributed by atoms with Gasteiger partial charge in [-0.2, -0.15) is 0 Å². The Hall–Kier alpha value is -0.910. The van der Waals surface area contributed by atoms with Crippen LogP contribution in [0, 0.1) is 88.8 Å². The number of ether oxygens (including phenoxy) is 10. The molecule has 5 saturated heterocycles. The summed E-state index contributed by atoms with van der Waals surface area (Å²) in [6.45, 7) is 40.3. The number of carbonyl (C=O) groups is 2. The monoisotopic (exact) mass is 984 g/mol. The zero-order valence-corrected chi connectivity index (χ0v) is 46.1. The highest BCUT2D eigenvalue weighted by molar-refractivity contribution is 8.13. The summed E-state index contributed by atoms with van der Waals surface area (Å²) in [6.07, 6.45) is -0.140. The number of hydrogen-bond donors (Lipinski definition) is 1. The molecule has 5 heterocycles. The van der Waals surface area contributed by atoms with E-state index >= 15 is 0 Å². The van der Waals surface area contributed by atoms with Gasteiger partial charge in [0.05, 0.1) is 63.6 Å². The fourth-order valence-electron chi connectivity index (χ4n) is 11.2. The number of amides is 1. The molecule has 68 heavy (non-hydrogen) atoms. The SMILES string of the molecule is CCC1O[C@@H](OCC2O[C@@H](OCC3O[C@@H](OCC4O[C@@H](OCC5O[C@@H](OCCCNC(=O)CCSC(C)=O)C(C)[C@@H](C)[C@@H]5C)C(C)[C@@H](C)[C@@H]4C)C(C)[C@@H](C)[C@@H]3C)C(C)[C@@H](C)[C@@H]2C)C(C)[C@@H](C)[C@@H]1C. The van der Waals surface area contributed by atoms with Crippen LogP contribution in [0.4, 0.5) is 0 Å². The van der Waals surface area contributed by atoms with Crippen molar-refractivity contribution in [3.63, 3.8) is 0 Å². The lowest BCUT2D eigenvalue weighted by Gasteiger charge is -2.47. The fraction of sp³-hybridized carbons (Fsp3) is 0.963. The molecule has 5 fully saturated rings. The largest absolute Gasteiger partial charge is 0.356 e. The van der Waals surface area contributed by atoms with Crippen LogP contribution in [-0.4, -0.2) is 118 Å². The van der Waals surface area contributed by atoms with Crippen LogP contribution in [0.2, 0.25) is 0 Å². The van der Waals surface area contributed by atoms with Gasteiger partial charge in [0.25, 0.3) is 0 Å². The molecule has 0 aromatic rings. The highest BCUT2D eigenvalue weighted by Gasteiger charge is 2.47. The number of thioether (sulfide) groups is 1. The van der Waals surface area contributed by atoms with Gasteiger partial charge < -0.3 is 52.7 Å². The summed E-state index contributed by atoms with van der Waals surface area (Å²) in [5.74, 6) is 5.11. The first-order chi connectivity index (χ1) is 32.2. The van der Waals surface area contributed by atoms with E-state index in [0.29, 0.717) is 106 Å². The second-order valence-corrected chi connectivity index (χ2v) is 23.8. The van der Waals surface area contributed by atoms with Gasteiger partial charge in [0, 0.05) is 55.2 Å². The summed E-state index contributed by atoms with van der Waals surface area (Å²) < 4.78 is 66.3. The quantitative estimate of drug-likeness (QED) is 0.109. The molecule has 0 spiro atoms. The Morgan fingerprint density at radius 2 is 0.721 bits per heavy atom. The first-order valence-corrected chi connectivity index (χ1v) is 27.9. The second kappa shape index (κ2) is 26.9. The topological polar surface area (TPSA) is 138 Å². The van der Waals surface area contributed by atoms with Gasteiger partial charge in [-0.05, 0) is 72.0 Å². The molecule has 396 valence electrons. The van der Waals surface area contributed by atoms with Crippen LogP contribution >= 0.6 is 11.8 Å². The first-order valence-electron chi connectivity index (χ1n) is 26.9. The molecular formula is C54H97NO12S. The zero-order chi connectivity index (χ0) is 50.1. The lowest BCUT2D eigenvalue weighted by atomic mass is 9.78. The molecule has 0 aromatic heterocycles. The van der Waals surface area contributed by atoms with Gasteiger partial charge in [-0.3, -0.25) is 9.59 Å². The molecule has 14 heteroatoms. The van der Waals surface area contributed by atoms with Crippen LogP contribution in [0.25, 0.3) is 0 Å². The van der Waals surface area contributed by atoms with E-state index in [0.717, 1.165) is 6.42 Å². The molecular weight excluding hydrogens is 887 g/mol. The molecule has 5 aliphatic heterocycles. The molecule has 25 atom stereocenters. The van der Waals surface area contributed by atoms with Crippen LogP contribution in [0.3, 0.4) is 0 Å². The Morgan fingerprint density at radius 3 is 1.03 bits per heavy atom. The molecule has 10 unspecified atom stereocenters. The van der Waals surface area contributed by atoms with E-state index in [1.165, 1.54) is 18.7 Å². The van der Waals surface area contributed by atoms with E-state index in [-0.39, 0.29) is 102 Å². The highest BCUT2D eigenvalue weighted by atomic mass is 32.2. The van der Waals surface area contributed by atoms with Gasteiger partial charge in [-0.1, -0.05) is 123 Å². The predicted molar refractivity (Wildman–Crippen MR) is 266 cm³/mol. The van der Waals surface area contributed by atoms with Gasteiger partial charge >= 0.3 is 0 Å². The van der Waals surface area contributed by atoms with Crippen LogP contribution in [0.1, 0.15) is 137 Å². The van der Waals surface area contributed by atoms with Crippen LogP contribution in [-0.2, 0) is 57.0 Å². The number of nitrogens with one attached hydrogen (secondary N) is 1. The molecule has 0 saturated carbocycles. The fourth-order valence-corrected chi connectivity index (χ4v) is 11.8. The summed E-state index contributed by atoms with van der Waals surface area (Å²) in [5.41, 5.74) is 0. The number of rotatable bonds is 21. The number of carbonyl (C=O) groups excluding carboxylic acids is 2. The van der Waals surface area contributed by atoms with E-state index < -0.39 is 12.6 Å². The summed E-state index contributed by atoms with van der Waals surface area (Å²) in [7, 11) is 0. The standard InChI is InChI=1S/C54H97NO12S/c1-18-44-33(7)28(2)39(13)51(63-44)59-25-46-35(9)30(4)41(15)53(65-46)61-27-48-37(11)32(6)42(16)54(67-48)62-26-47-36(10)31(5)40(14)52(66-47)60-24-45-34(8)29(3)38(12)50(64-45)58-22-19-21-55-49(57)20-23-68-43(17)56/h28-42,44-48,50-54H,18-27H2,1-17H3,(H,55,57)/t28-,29-,30-,31-,32-,33-,34-,35-,36-,37-,38?,39?,40?,41?,42?,44?,45?,46?,47?,48?,50+,51+,52+,53+,54+/m0/s1. The van der Waals surface area contributed by atoms with Crippen molar-refractivity contribution in [3.8, 4) is 0 Å². The average Bonchev–Trinajstić information content (AvgIpc) is 3.31. The van der Waals surface area contributed by atoms with Gasteiger partial charge in [0.2, 0.25) is 5.91 Å². The van der Waals surface area contributed by atoms with Crippen LogP contribution in [0.15, 0.2) is 0 Å². The Bertz CT molecular complexity index is 1530. The van der Waals surface area contributed by atoms with E-state index in [9.17, 15) is 9.59 Å². The smallest absolute Gasteiger partial charge is 0.220 e. The third-order valence-corrected chi connectivity index (χ3v) is 19.4. The average molecular weight is 984 g/mol. The summed E-state index contributed by atoms with van der Waals surface area (Å²) in [5, 5.41) is 2.95. The van der Waals surface area contributed by atoms with Crippen molar-refractivity contribution in [2.24, 2.45) is 88.8 Å². The van der Waals surface area contributed by atoms with Gasteiger partial charge in [0.15, 0.2) is 36.6 Å². The van der Waals surface area contributed by atoms with Gasteiger partial charge in [-0.25, -0.2) is 0 Å². The van der Waals surface area contributed by atoms with Crippen LogP contribution in [0.5, 0.6) is 0 Å². The van der Waals surface area contributed by atoms with E-state index in [1.54, 1.807) is 0 Å². The molecule has 13 nitrogen and oxygen atoms in total. The van der Waals surface area contributed by atoms with Gasteiger partial charge in [-0.15, -0.1) is 0 Å². The van der Waals surface area contributed by atoms with Gasteiger partial charge in [0.1, 0.15) is 0 Å². The predicted octanol–water partition coefficient (Wildman–Crippen LogP) is 9.82. The van der Waals surface area contributed by atoms with Crippen molar-refractivity contribution in [1.82, 2.24) is 5.32 Å². The Labute approximate surface area is 416 Å². The van der Waals surface area contributed by atoms with Crippen molar-refractivity contribution < 1.29 is 57.0 Å². The summed E-state index contributed by atoms with van der Waals surface area (Å²) >= 11 is 1.17. The second-order valence-electron chi connectivity index (χ2n) is 22.5. The summed E-state index contributed by atoms with van der Waals surface area (Å²) in [6, 6.07) is 0. The summed E-state index contributed by atoms with van der Waals surface area (Å²) in [4.78, 5) is 23.3. The molecule has 1 amide bonds. The molecule has 0 aromatic carbocycles. The Balaban J connectivity index is 1.10. The normalized spacial score (nSPS) is 45.8. The maximum Gasteiger partial charge on any atom is 0.220 e. The minimum absolute atomic E-state index is 0.0240. The maximum absolute atomic E-state index is 12.1. The van der Waals surface area contributed by atoms with Crippen molar-refractivity contribution in [2.75, 3.05) is 45.3 Å².